The predicted molar refractivity (Wildman–Crippen MR) is 146 cm³/mol. The monoisotopic (exact) mass is 522 g/mol. The molecule has 0 bridgehead atoms. The Hall–Kier alpha value is -4.18. The molecule has 1 heterocycles. The van der Waals surface area contributed by atoms with E-state index in [-0.39, 0.29) is 13.2 Å². The maximum absolute atomic E-state index is 12.7. The van der Waals surface area contributed by atoms with E-state index in [1.165, 1.54) is 6.21 Å². The molecule has 0 fully saturated rings. The van der Waals surface area contributed by atoms with Gasteiger partial charge in [-0.3, -0.25) is 4.79 Å². The molecular weight excluding hydrogens is 492 g/mol. The number of carbonyl (C=O) groups excluding carboxylic acids is 2. The lowest BCUT2D eigenvalue weighted by Crippen LogP contribution is -2.45. The summed E-state index contributed by atoms with van der Waals surface area (Å²) < 4.78 is 16.4. The summed E-state index contributed by atoms with van der Waals surface area (Å²) in [5.74, 6) is 0.261. The number of nitrogens with zero attached hydrogens (tertiary/aromatic N) is 1. The zero-order chi connectivity index (χ0) is 26.8. The number of carbonyl (C=O) groups is 2. The van der Waals surface area contributed by atoms with E-state index >= 15 is 0 Å². The van der Waals surface area contributed by atoms with Crippen LogP contribution in [0.3, 0.4) is 0 Å². The molecule has 0 saturated heterocycles. The van der Waals surface area contributed by atoms with Crippen molar-refractivity contribution in [2.75, 3.05) is 20.3 Å². The van der Waals surface area contributed by atoms with Crippen LogP contribution >= 0.6 is 12.2 Å². The van der Waals surface area contributed by atoms with Crippen molar-refractivity contribution >= 4 is 35.4 Å². The van der Waals surface area contributed by atoms with Crippen LogP contribution in [-0.2, 0) is 20.7 Å². The van der Waals surface area contributed by atoms with Gasteiger partial charge in [-0.15, -0.1) is 6.58 Å². The number of hydrazone groups is 1. The van der Waals surface area contributed by atoms with E-state index in [1.54, 1.807) is 45.2 Å². The minimum absolute atomic E-state index is 0.234. The van der Waals surface area contributed by atoms with Gasteiger partial charge in [-0.25, -0.2) is 10.2 Å². The highest BCUT2D eigenvalue weighted by molar-refractivity contribution is 7.80. The van der Waals surface area contributed by atoms with Gasteiger partial charge in [0.05, 0.1) is 31.5 Å². The summed E-state index contributed by atoms with van der Waals surface area (Å²) in [4.78, 5) is 25.1. The first-order chi connectivity index (χ1) is 17.9. The number of rotatable bonds is 11. The van der Waals surface area contributed by atoms with Crippen LogP contribution in [0.5, 0.6) is 11.5 Å². The number of hydrogen-bond donors (Lipinski definition) is 3. The number of amides is 1. The highest BCUT2D eigenvalue weighted by Crippen LogP contribution is 2.33. The standard InChI is InChI=1S/C27H30N4O5S/c1-5-9-19-14-18(12-13-21(19)34-4)15-28-31-23(32)16-36-22-11-8-7-10-20(22)25-24(26(33)35-6-2)17(3)29-27(37)30-25/h5,7-8,10-15,25H,1,6,9,16H2,2-4H3,(H,31,32)(H2,29,30,37)/t25-/m0/s1. The van der Waals surface area contributed by atoms with Crippen molar-refractivity contribution < 1.29 is 23.8 Å². The quantitative estimate of drug-likeness (QED) is 0.136. The van der Waals surface area contributed by atoms with E-state index in [0.29, 0.717) is 34.1 Å². The van der Waals surface area contributed by atoms with Crippen molar-refractivity contribution in [1.82, 2.24) is 16.1 Å². The van der Waals surface area contributed by atoms with Crippen molar-refractivity contribution in [2.45, 2.75) is 26.3 Å². The summed E-state index contributed by atoms with van der Waals surface area (Å²) in [6.07, 6.45) is 3.97. The average Bonchev–Trinajstić information content (AvgIpc) is 2.87. The number of esters is 1. The molecule has 2 aromatic carbocycles. The maximum atomic E-state index is 12.7. The maximum Gasteiger partial charge on any atom is 0.338 e. The minimum atomic E-state index is -0.607. The number of allylic oxidation sites excluding steroid dienone is 2. The number of benzene rings is 2. The lowest BCUT2D eigenvalue weighted by atomic mass is 9.95. The SMILES string of the molecule is C=CCc1cc(C=NNC(=O)COc2ccccc2[C@@H]2NC(=S)NC(C)=C2C(=O)OCC)ccc1OC. The molecule has 1 aliphatic heterocycles. The molecule has 194 valence electrons. The van der Waals surface area contributed by atoms with E-state index in [4.69, 9.17) is 26.4 Å². The van der Waals surface area contributed by atoms with E-state index < -0.39 is 17.9 Å². The number of methoxy groups -OCH3 is 1. The van der Waals surface area contributed by atoms with Crippen molar-refractivity contribution in [3.8, 4) is 11.5 Å². The first-order valence-electron chi connectivity index (χ1n) is 11.6. The zero-order valence-corrected chi connectivity index (χ0v) is 21.8. The molecule has 0 unspecified atom stereocenters. The van der Waals surface area contributed by atoms with Gasteiger partial charge in [0.25, 0.3) is 5.91 Å². The van der Waals surface area contributed by atoms with Crippen LogP contribution in [0.15, 0.2) is 71.5 Å². The fourth-order valence-electron chi connectivity index (χ4n) is 3.81. The Kier molecular flexibility index (Phi) is 9.79. The largest absolute Gasteiger partial charge is 0.496 e. The predicted octanol–water partition coefficient (Wildman–Crippen LogP) is 3.31. The number of nitrogens with one attached hydrogen (secondary N) is 3. The third-order valence-electron chi connectivity index (χ3n) is 5.42. The number of para-hydroxylation sites is 1. The van der Waals surface area contributed by atoms with E-state index in [1.807, 2.05) is 24.3 Å². The van der Waals surface area contributed by atoms with E-state index in [0.717, 1.165) is 16.9 Å². The van der Waals surface area contributed by atoms with Crippen LogP contribution < -0.4 is 25.5 Å². The average molecular weight is 523 g/mol. The van der Waals surface area contributed by atoms with Crippen molar-refractivity contribution in [1.29, 1.82) is 0 Å². The van der Waals surface area contributed by atoms with Crippen molar-refractivity contribution in [2.24, 2.45) is 5.10 Å². The smallest absolute Gasteiger partial charge is 0.338 e. The second-order valence-electron chi connectivity index (χ2n) is 7.97. The molecule has 3 N–H and O–H groups in total. The molecule has 10 heteroatoms. The summed E-state index contributed by atoms with van der Waals surface area (Å²) in [6, 6.07) is 12.1. The minimum Gasteiger partial charge on any atom is -0.496 e. The van der Waals surface area contributed by atoms with Crippen LogP contribution in [0.2, 0.25) is 0 Å². The van der Waals surface area contributed by atoms with Crippen LogP contribution in [0.4, 0.5) is 0 Å². The summed E-state index contributed by atoms with van der Waals surface area (Å²) in [5.41, 5.74) is 5.83. The summed E-state index contributed by atoms with van der Waals surface area (Å²) >= 11 is 5.30. The topological polar surface area (TPSA) is 110 Å². The highest BCUT2D eigenvalue weighted by atomic mass is 32.1. The lowest BCUT2D eigenvalue weighted by molar-refractivity contribution is -0.139. The van der Waals surface area contributed by atoms with E-state index in [2.05, 4.69) is 27.7 Å². The fourth-order valence-corrected chi connectivity index (χ4v) is 4.08. The van der Waals surface area contributed by atoms with Gasteiger partial charge in [-0.05, 0) is 67.9 Å². The fraction of sp³-hybridized carbons (Fsp3) is 0.259. The normalized spacial score (nSPS) is 15.0. The number of thiocarbonyl (C=S) groups is 1. The molecule has 0 aliphatic carbocycles. The highest BCUT2D eigenvalue weighted by Gasteiger charge is 2.32. The van der Waals surface area contributed by atoms with Crippen LogP contribution in [-0.4, -0.2) is 43.5 Å². The lowest BCUT2D eigenvalue weighted by Gasteiger charge is -2.30. The van der Waals surface area contributed by atoms with Crippen LogP contribution in [0.25, 0.3) is 0 Å². The molecule has 1 amide bonds. The van der Waals surface area contributed by atoms with Gasteiger partial charge >= 0.3 is 5.97 Å². The summed E-state index contributed by atoms with van der Waals surface area (Å²) in [7, 11) is 1.61. The van der Waals surface area contributed by atoms with Gasteiger partial charge < -0.3 is 24.8 Å². The van der Waals surface area contributed by atoms with Crippen molar-refractivity contribution in [3.05, 3.63) is 83.1 Å². The molecule has 1 atom stereocenters. The van der Waals surface area contributed by atoms with Gasteiger partial charge in [0.15, 0.2) is 11.7 Å². The van der Waals surface area contributed by atoms with E-state index in [9.17, 15) is 9.59 Å². The third kappa shape index (κ3) is 7.17. The number of hydrogen-bond acceptors (Lipinski definition) is 7. The van der Waals surface area contributed by atoms with Crippen LogP contribution in [0, 0.1) is 0 Å². The first kappa shape index (κ1) is 27.4. The molecule has 0 saturated carbocycles. The van der Waals surface area contributed by atoms with Gasteiger partial charge in [0.1, 0.15) is 11.5 Å². The van der Waals surface area contributed by atoms with Crippen LogP contribution in [0.1, 0.15) is 36.6 Å². The number of ether oxygens (including phenoxy) is 3. The molecule has 1 aliphatic rings. The Morgan fingerprint density at radius 3 is 2.73 bits per heavy atom. The molecule has 3 rings (SSSR count). The van der Waals surface area contributed by atoms with Gasteiger partial charge in [0, 0.05) is 11.3 Å². The Morgan fingerprint density at radius 2 is 2.00 bits per heavy atom. The van der Waals surface area contributed by atoms with Gasteiger partial charge in [-0.2, -0.15) is 5.10 Å². The second kappa shape index (κ2) is 13.2. The molecule has 2 aromatic rings. The van der Waals surface area contributed by atoms with Gasteiger partial charge in [0.2, 0.25) is 0 Å². The Morgan fingerprint density at radius 1 is 1.22 bits per heavy atom. The molecule has 0 radical (unpaired) electrons. The third-order valence-corrected chi connectivity index (χ3v) is 5.64. The summed E-state index contributed by atoms with van der Waals surface area (Å²) in [5, 5.41) is 10.4. The van der Waals surface area contributed by atoms with Gasteiger partial charge in [-0.1, -0.05) is 24.3 Å². The Bertz CT molecular complexity index is 1240. The molecular formula is C27H30N4O5S. The first-order valence-corrected chi connectivity index (χ1v) is 12.1. The van der Waals surface area contributed by atoms with Crippen molar-refractivity contribution in [3.63, 3.8) is 0 Å². The molecule has 37 heavy (non-hydrogen) atoms. The molecule has 9 nitrogen and oxygen atoms in total. The second-order valence-corrected chi connectivity index (χ2v) is 8.38. The molecule has 0 aromatic heterocycles. The zero-order valence-electron chi connectivity index (χ0n) is 21.0. The Labute approximate surface area is 221 Å². The summed E-state index contributed by atoms with van der Waals surface area (Å²) in [6.45, 7) is 7.20. The molecule has 0 spiro atoms. The Balaban J connectivity index is 1.69.